The summed E-state index contributed by atoms with van der Waals surface area (Å²) in [5.41, 5.74) is 2.34. The van der Waals surface area contributed by atoms with Gasteiger partial charge in [-0.25, -0.2) is 4.98 Å². The highest BCUT2D eigenvalue weighted by atomic mass is 16.2. The molecule has 0 spiro atoms. The van der Waals surface area contributed by atoms with Crippen LogP contribution in [0.4, 0.5) is 0 Å². The number of H-pyrrole nitrogens is 1. The van der Waals surface area contributed by atoms with Gasteiger partial charge in [-0.15, -0.1) is 5.10 Å². The molecule has 21 heavy (non-hydrogen) atoms. The molecule has 1 heterocycles. The molecule has 1 aromatic carbocycles. The molecule has 0 aliphatic rings. The monoisotopic (exact) mass is 286 g/mol. The number of benzene rings is 1. The third kappa shape index (κ3) is 3.68. The normalized spacial score (nSPS) is 10.6. The minimum atomic E-state index is -0.126. The van der Waals surface area contributed by atoms with Gasteiger partial charge in [0.1, 0.15) is 5.82 Å². The summed E-state index contributed by atoms with van der Waals surface area (Å²) in [5, 5.41) is 6.87. The van der Waals surface area contributed by atoms with E-state index in [0.717, 1.165) is 24.2 Å². The zero-order valence-corrected chi connectivity index (χ0v) is 12.9. The van der Waals surface area contributed by atoms with E-state index in [0.29, 0.717) is 13.1 Å². The fraction of sp³-hybridized carbons (Fsp3) is 0.438. The third-order valence-electron chi connectivity index (χ3n) is 3.50. The SMILES string of the molecule is CCCc1nc(C(=O)N(CC)Cc2ccccc2C)n[nH]1. The van der Waals surface area contributed by atoms with Crippen LogP contribution < -0.4 is 0 Å². The Labute approximate surface area is 125 Å². The molecule has 1 aromatic heterocycles. The van der Waals surface area contributed by atoms with Crippen molar-refractivity contribution in [2.24, 2.45) is 0 Å². The lowest BCUT2D eigenvalue weighted by atomic mass is 10.1. The Hall–Kier alpha value is -2.17. The fourth-order valence-electron chi connectivity index (χ4n) is 2.20. The van der Waals surface area contributed by atoms with E-state index >= 15 is 0 Å². The Morgan fingerprint density at radius 2 is 2.05 bits per heavy atom. The van der Waals surface area contributed by atoms with Crippen molar-refractivity contribution in [2.45, 2.75) is 40.2 Å². The summed E-state index contributed by atoms with van der Waals surface area (Å²) in [6.45, 7) is 7.31. The van der Waals surface area contributed by atoms with Crippen LogP contribution in [-0.2, 0) is 13.0 Å². The van der Waals surface area contributed by atoms with Crippen LogP contribution in [0, 0.1) is 6.92 Å². The fourth-order valence-corrected chi connectivity index (χ4v) is 2.20. The van der Waals surface area contributed by atoms with Crippen molar-refractivity contribution in [2.75, 3.05) is 6.54 Å². The van der Waals surface area contributed by atoms with Crippen molar-refractivity contribution in [1.82, 2.24) is 20.1 Å². The van der Waals surface area contributed by atoms with E-state index in [-0.39, 0.29) is 11.7 Å². The van der Waals surface area contributed by atoms with Crippen LogP contribution in [0.1, 0.15) is 47.8 Å². The number of carbonyl (C=O) groups is 1. The molecule has 0 saturated carbocycles. The Morgan fingerprint density at radius 1 is 1.29 bits per heavy atom. The van der Waals surface area contributed by atoms with Gasteiger partial charge in [0.05, 0.1) is 0 Å². The summed E-state index contributed by atoms with van der Waals surface area (Å²) in [5.74, 6) is 0.904. The first-order valence-corrected chi connectivity index (χ1v) is 7.40. The summed E-state index contributed by atoms with van der Waals surface area (Å²) in [7, 11) is 0. The second-order valence-corrected chi connectivity index (χ2v) is 5.10. The molecule has 0 bridgehead atoms. The van der Waals surface area contributed by atoms with E-state index in [1.165, 1.54) is 5.56 Å². The molecule has 0 radical (unpaired) electrons. The van der Waals surface area contributed by atoms with Crippen molar-refractivity contribution >= 4 is 5.91 Å². The zero-order valence-electron chi connectivity index (χ0n) is 12.9. The predicted octanol–water partition coefficient (Wildman–Crippen LogP) is 2.73. The Balaban J connectivity index is 2.12. The standard InChI is InChI=1S/C16H22N4O/c1-4-8-14-17-15(19-18-14)16(21)20(5-2)11-13-10-7-6-9-12(13)3/h6-7,9-10H,4-5,8,11H2,1-3H3,(H,17,18,19). The summed E-state index contributed by atoms with van der Waals surface area (Å²) in [4.78, 5) is 18.5. The zero-order chi connectivity index (χ0) is 15.2. The molecule has 2 aromatic rings. The van der Waals surface area contributed by atoms with Gasteiger partial charge in [-0.2, -0.15) is 0 Å². The van der Waals surface area contributed by atoms with Gasteiger partial charge >= 0.3 is 0 Å². The minimum Gasteiger partial charge on any atom is -0.332 e. The maximum absolute atomic E-state index is 12.5. The van der Waals surface area contributed by atoms with E-state index in [1.807, 2.05) is 25.1 Å². The Morgan fingerprint density at radius 3 is 2.71 bits per heavy atom. The number of aromatic amines is 1. The number of nitrogens with zero attached hydrogens (tertiary/aromatic N) is 3. The average molecular weight is 286 g/mol. The molecule has 0 aliphatic carbocycles. The molecule has 0 aliphatic heterocycles. The van der Waals surface area contributed by atoms with E-state index in [9.17, 15) is 4.79 Å². The van der Waals surface area contributed by atoms with Crippen LogP contribution in [0.5, 0.6) is 0 Å². The maximum Gasteiger partial charge on any atom is 0.293 e. The molecule has 1 amide bonds. The topological polar surface area (TPSA) is 61.9 Å². The number of nitrogens with one attached hydrogen (secondary N) is 1. The summed E-state index contributed by atoms with van der Waals surface area (Å²) in [6.07, 6.45) is 1.79. The number of rotatable bonds is 6. The second-order valence-electron chi connectivity index (χ2n) is 5.10. The quantitative estimate of drug-likeness (QED) is 0.888. The number of hydrogen-bond acceptors (Lipinski definition) is 3. The highest BCUT2D eigenvalue weighted by molar-refractivity contribution is 5.90. The number of aromatic nitrogens is 3. The Bertz CT molecular complexity index is 606. The van der Waals surface area contributed by atoms with Crippen molar-refractivity contribution in [3.8, 4) is 0 Å². The van der Waals surface area contributed by atoms with E-state index < -0.39 is 0 Å². The first kappa shape index (κ1) is 15.2. The molecule has 2 rings (SSSR count). The Kier molecular flexibility index (Phi) is 5.09. The molecule has 112 valence electrons. The first-order valence-electron chi connectivity index (χ1n) is 7.40. The van der Waals surface area contributed by atoms with Crippen molar-refractivity contribution < 1.29 is 4.79 Å². The molecular weight excluding hydrogens is 264 g/mol. The van der Waals surface area contributed by atoms with Crippen LogP contribution in [-0.4, -0.2) is 32.5 Å². The van der Waals surface area contributed by atoms with Crippen molar-refractivity contribution in [3.05, 3.63) is 47.0 Å². The minimum absolute atomic E-state index is 0.126. The number of hydrogen-bond donors (Lipinski definition) is 1. The third-order valence-corrected chi connectivity index (χ3v) is 3.50. The first-order chi connectivity index (χ1) is 10.2. The van der Waals surface area contributed by atoms with E-state index in [2.05, 4.69) is 35.1 Å². The van der Waals surface area contributed by atoms with Crippen LogP contribution in [0.2, 0.25) is 0 Å². The largest absolute Gasteiger partial charge is 0.332 e. The van der Waals surface area contributed by atoms with Crippen molar-refractivity contribution in [1.29, 1.82) is 0 Å². The summed E-state index contributed by atoms with van der Waals surface area (Å²) < 4.78 is 0. The van der Waals surface area contributed by atoms with Gasteiger partial charge in [-0.1, -0.05) is 31.2 Å². The lowest BCUT2D eigenvalue weighted by Gasteiger charge is -2.20. The molecular formula is C16H22N4O. The molecule has 1 N–H and O–H groups in total. The number of carbonyl (C=O) groups excluding carboxylic acids is 1. The molecule has 0 unspecified atom stereocenters. The van der Waals surface area contributed by atoms with Gasteiger partial charge in [0.25, 0.3) is 5.91 Å². The maximum atomic E-state index is 12.5. The smallest absolute Gasteiger partial charge is 0.293 e. The number of aryl methyl sites for hydroxylation is 2. The lowest BCUT2D eigenvalue weighted by molar-refractivity contribution is 0.0740. The van der Waals surface area contributed by atoms with Gasteiger partial charge < -0.3 is 4.90 Å². The van der Waals surface area contributed by atoms with Gasteiger partial charge in [-0.3, -0.25) is 9.89 Å². The molecule has 0 saturated heterocycles. The predicted molar refractivity (Wildman–Crippen MR) is 82.0 cm³/mol. The summed E-state index contributed by atoms with van der Waals surface area (Å²) in [6, 6.07) is 8.10. The van der Waals surface area contributed by atoms with Crippen LogP contribution in [0.3, 0.4) is 0 Å². The highest BCUT2D eigenvalue weighted by Gasteiger charge is 2.19. The molecule has 5 nitrogen and oxygen atoms in total. The van der Waals surface area contributed by atoms with E-state index in [4.69, 9.17) is 0 Å². The second kappa shape index (κ2) is 7.02. The van der Waals surface area contributed by atoms with Crippen LogP contribution in [0.15, 0.2) is 24.3 Å². The van der Waals surface area contributed by atoms with Gasteiger partial charge in [0, 0.05) is 19.5 Å². The van der Waals surface area contributed by atoms with E-state index in [1.54, 1.807) is 4.90 Å². The van der Waals surface area contributed by atoms with Crippen LogP contribution >= 0.6 is 0 Å². The van der Waals surface area contributed by atoms with Crippen molar-refractivity contribution in [3.63, 3.8) is 0 Å². The summed E-state index contributed by atoms with van der Waals surface area (Å²) >= 11 is 0. The van der Waals surface area contributed by atoms with Crippen LogP contribution in [0.25, 0.3) is 0 Å². The van der Waals surface area contributed by atoms with Gasteiger partial charge in [-0.05, 0) is 31.4 Å². The molecule has 0 atom stereocenters. The lowest BCUT2D eigenvalue weighted by Crippen LogP contribution is -2.31. The highest BCUT2D eigenvalue weighted by Crippen LogP contribution is 2.12. The molecule has 0 fully saturated rings. The average Bonchev–Trinajstić information content (AvgIpc) is 2.95. The van der Waals surface area contributed by atoms with Gasteiger partial charge in [0.15, 0.2) is 0 Å². The molecule has 5 heteroatoms. The number of amides is 1. The van der Waals surface area contributed by atoms with Gasteiger partial charge in [0.2, 0.25) is 5.82 Å².